The summed E-state index contributed by atoms with van der Waals surface area (Å²) in [6.45, 7) is 3.15. The summed E-state index contributed by atoms with van der Waals surface area (Å²) in [7, 11) is 0. The Morgan fingerprint density at radius 1 is 1.26 bits per heavy atom. The monoisotopic (exact) mass is 260 g/mol. The van der Waals surface area contributed by atoms with Crippen LogP contribution in [0.5, 0.6) is 0 Å². The van der Waals surface area contributed by atoms with Crippen LogP contribution in [0.3, 0.4) is 0 Å². The van der Waals surface area contributed by atoms with Crippen molar-refractivity contribution in [1.82, 2.24) is 5.32 Å². The standard InChI is InChI=1S/C16H24N2O/c1-11(16-8-4-5-9-19-16)18-15-10-14(17)12-6-2-3-7-13(12)15/h2-3,6-7,11,14-16,18H,4-5,8-10,17H2,1H3. The predicted molar refractivity (Wildman–Crippen MR) is 76.9 cm³/mol. The lowest BCUT2D eigenvalue weighted by molar-refractivity contribution is -0.00612. The predicted octanol–water partition coefficient (Wildman–Crippen LogP) is 2.68. The van der Waals surface area contributed by atoms with Crippen LogP contribution in [0, 0.1) is 0 Å². The van der Waals surface area contributed by atoms with Crippen LogP contribution in [-0.2, 0) is 4.74 Å². The second-order valence-corrected chi connectivity index (χ2v) is 5.88. The van der Waals surface area contributed by atoms with Gasteiger partial charge in [-0.25, -0.2) is 0 Å². The SMILES string of the molecule is CC(NC1CC(N)c2ccccc21)C1CCCCO1. The van der Waals surface area contributed by atoms with E-state index in [4.69, 9.17) is 10.5 Å². The Labute approximate surface area is 115 Å². The second-order valence-electron chi connectivity index (χ2n) is 5.88. The molecule has 0 aromatic heterocycles. The molecule has 0 radical (unpaired) electrons. The molecule has 4 atom stereocenters. The molecule has 104 valence electrons. The summed E-state index contributed by atoms with van der Waals surface area (Å²) in [4.78, 5) is 0. The molecule has 1 fully saturated rings. The van der Waals surface area contributed by atoms with Gasteiger partial charge in [0, 0.05) is 24.7 Å². The van der Waals surface area contributed by atoms with E-state index in [1.54, 1.807) is 0 Å². The van der Waals surface area contributed by atoms with Crippen molar-refractivity contribution in [2.45, 2.75) is 56.8 Å². The summed E-state index contributed by atoms with van der Waals surface area (Å²) in [6.07, 6.45) is 5.03. The van der Waals surface area contributed by atoms with Crippen LogP contribution in [0.2, 0.25) is 0 Å². The summed E-state index contributed by atoms with van der Waals surface area (Å²) in [6, 6.07) is 9.49. The van der Waals surface area contributed by atoms with E-state index in [0.29, 0.717) is 18.2 Å². The van der Waals surface area contributed by atoms with E-state index in [-0.39, 0.29) is 6.04 Å². The molecule has 0 spiro atoms. The molecule has 19 heavy (non-hydrogen) atoms. The number of nitrogens with one attached hydrogen (secondary N) is 1. The van der Waals surface area contributed by atoms with Gasteiger partial charge in [0.1, 0.15) is 0 Å². The van der Waals surface area contributed by atoms with Gasteiger partial charge in [-0.15, -0.1) is 0 Å². The Morgan fingerprint density at radius 3 is 2.79 bits per heavy atom. The van der Waals surface area contributed by atoms with Crippen LogP contribution < -0.4 is 11.1 Å². The minimum atomic E-state index is 0.174. The quantitative estimate of drug-likeness (QED) is 0.878. The van der Waals surface area contributed by atoms with E-state index in [9.17, 15) is 0 Å². The van der Waals surface area contributed by atoms with E-state index in [0.717, 1.165) is 13.0 Å². The Hall–Kier alpha value is -0.900. The summed E-state index contributed by atoms with van der Waals surface area (Å²) < 4.78 is 5.87. The number of benzene rings is 1. The van der Waals surface area contributed by atoms with Gasteiger partial charge in [-0.1, -0.05) is 24.3 Å². The molecule has 1 aliphatic carbocycles. The van der Waals surface area contributed by atoms with Crippen molar-refractivity contribution in [2.75, 3.05) is 6.61 Å². The zero-order valence-electron chi connectivity index (χ0n) is 11.6. The van der Waals surface area contributed by atoms with Crippen LogP contribution in [0.1, 0.15) is 55.8 Å². The third-order valence-corrected chi connectivity index (χ3v) is 4.50. The lowest BCUT2D eigenvalue weighted by Crippen LogP contribution is -2.42. The minimum Gasteiger partial charge on any atom is -0.377 e. The number of hydrogen-bond donors (Lipinski definition) is 2. The fourth-order valence-electron chi connectivity index (χ4n) is 3.42. The second kappa shape index (κ2) is 5.61. The average Bonchev–Trinajstić information content (AvgIpc) is 2.77. The Kier molecular flexibility index (Phi) is 3.87. The first kappa shape index (κ1) is 13.1. The highest BCUT2D eigenvalue weighted by molar-refractivity contribution is 5.37. The van der Waals surface area contributed by atoms with Crippen molar-refractivity contribution in [3.05, 3.63) is 35.4 Å². The number of nitrogens with two attached hydrogens (primary N) is 1. The van der Waals surface area contributed by atoms with Crippen molar-refractivity contribution < 1.29 is 4.74 Å². The van der Waals surface area contributed by atoms with E-state index < -0.39 is 0 Å². The van der Waals surface area contributed by atoms with Gasteiger partial charge >= 0.3 is 0 Å². The van der Waals surface area contributed by atoms with Crippen molar-refractivity contribution in [3.63, 3.8) is 0 Å². The van der Waals surface area contributed by atoms with E-state index in [1.807, 2.05) is 0 Å². The van der Waals surface area contributed by atoms with Crippen molar-refractivity contribution in [1.29, 1.82) is 0 Å². The van der Waals surface area contributed by atoms with E-state index >= 15 is 0 Å². The van der Waals surface area contributed by atoms with E-state index in [2.05, 4.69) is 36.5 Å². The molecule has 1 aromatic carbocycles. The van der Waals surface area contributed by atoms with Crippen LogP contribution in [0.4, 0.5) is 0 Å². The minimum absolute atomic E-state index is 0.174. The molecule has 3 heteroatoms. The Balaban J connectivity index is 1.67. The summed E-state index contributed by atoms with van der Waals surface area (Å²) >= 11 is 0. The molecular formula is C16H24N2O. The number of rotatable bonds is 3. The van der Waals surface area contributed by atoms with E-state index in [1.165, 1.54) is 30.4 Å². The largest absolute Gasteiger partial charge is 0.377 e. The molecule has 1 aliphatic heterocycles. The number of fused-ring (bicyclic) bond motifs is 1. The number of hydrogen-bond acceptors (Lipinski definition) is 3. The third kappa shape index (κ3) is 2.69. The number of ether oxygens (including phenoxy) is 1. The fourth-order valence-corrected chi connectivity index (χ4v) is 3.42. The highest BCUT2D eigenvalue weighted by Crippen LogP contribution is 2.37. The fraction of sp³-hybridized carbons (Fsp3) is 0.625. The highest BCUT2D eigenvalue weighted by Gasteiger charge is 2.31. The first-order chi connectivity index (χ1) is 9.25. The van der Waals surface area contributed by atoms with Crippen LogP contribution >= 0.6 is 0 Å². The van der Waals surface area contributed by atoms with Crippen LogP contribution in [-0.4, -0.2) is 18.8 Å². The van der Waals surface area contributed by atoms with Gasteiger partial charge in [0.15, 0.2) is 0 Å². The lowest BCUT2D eigenvalue weighted by Gasteiger charge is -2.31. The zero-order chi connectivity index (χ0) is 13.2. The molecule has 4 unspecified atom stereocenters. The summed E-state index contributed by atoms with van der Waals surface area (Å²) in [5, 5.41) is 3.73. The summed E-state index contributed by atoms with van der Waals surface area (Å²) in [5.41, 5.74) is 8.90. The van der Waals surface area contributed by atoms with Gasteiger partial charge in [0.2, 0.25) is 0 Å². The van der Waals surface area contributed by atoms with Gasteiger partial charge < -0.3 is 15.8 Å². The van der Waals surface area contributed by atoms with Gasteiger partial charge in [0.05, 0.1) is 6.10 Å². The van der Waals surface area contributed by atoms with Crippen molar-refractivity contribution >= 4 is 0 Å². The Morgan fingerprint density at radius 2 is 2.05 bits per heavy atom. The van der Waals surface area contributed by atoms with Crippen LogP contribution in [0.15, 0.2) is 24.3 Å². The molecule has 0 saturated carbocycles. The van der Waals surface area contributed by atoms with Crippen molar-refractivity contribution in [2.24, 2.45) is 5.73 Å². The van der Waals surface area contributed by atoms with Crippen molar-refractivity contribution in [3.8, 4) is 0 Å². The Bertz CT molecular complexity index is 429. The molecule has 0 amide bonds. The summed E-state index contributed by atoms with van der Waals surface area (Å²) in [5.74, 6) is 0. The first-order valence-electron chi connectivity index (χ1n) is 7.48. The van der Waals surface area contributed by atoms with Gasteiger partial charge in [-0.05, 0) is 43.7 Å². The molecule has 3 rings (SSSR count). The van der Waals surface area contributed by atoms with Crippen LogP contribution in [0.25, 0.3) is 0 Å². The third-order valence-electron chi connectivity index (χ3n) is 4.50. The molecule has 1 heterocycles. The normalized spacial score (nSPS) is 32.0. The maximum atomic E-state index is 6.22. The maximum Gasteiger partial charge on any atom is 0.0725 e. The topological polar surface area (TPSA) is 47.3 Å². The molecule has 3 nitrogen and oxygen atoms in total. The molecular weight excluding hydrogens is 236 g/mol. The van der Waals surface area contributed by atoms with Gasteiger partial charge in [0.25, 0.3) is 0 Å². The zero-order valence-corrected chi connectivity index (χ0v) is 11.6. The molecule has 2 aliphatic rings. The molecule has 1 saturated heterocycles. The molecule has 1 aromatic rings. The first-order valence-corrected chi connectivity index (χ1v) is 7.48. The highest BCUT2D eigenvalue weighted by atomic mass is 16.5. The van der Waals surface area contributed by atoms with Gasteiger partial charge in [-0.3, -0.25) is 0 Å². The molecule has 3 N–H and O–H groups in total. The average molecular weight is 260 g/mol. The maximum absolute atomic E-state index is 6.22. The molecule has 0 bridgehead atoms. The van der Waals surface area contributed by atoms with Gasteiger partial charge in [-0.2, -0.15) is 0 Å². The smallest absolute Gasteiger partial charge is 0.0725 e. The lowest BCUT2D eigenvalue weighted by atomic mass is 10.0.